The monoisotopic (exact) mass is 306 g/mol. The van der Waals surface area contributed by atoms with E-state index in [1.54, 1.807) is 12.1 Å². The van der Waals surface area contributed by atoms with Crippen LogP contribution in [0.1, 0.15) is 18.4 Å². The number of sulfonamides is 1. The third-order valence-electron chi connectivity index (χ3n) is 3.59. The number of hydrogen-bond donors (Lipinski definition) is 2. The van der Waals surface area contributed by atoms with E-state index in [1.165, 1.54) is 30.8 Å². The molecule has 2 aromatic rings. The highest BCUT2D eigenvalue weighted by Crippen LogP contribution is 2.17. The molecule has 6 nitrogen and oxygen atoms in total. The highest BCUT2D eigenvalue weighted by atomic mass is 32.2. The van der Waals surface area contributed by atoms with Crippen LogP contribution in [0, 0.1) is 0 Å². The Labute approximate surface area is 124 Å². The standard InChI is InChI=1S/C14H18N4O2S/c19-21(20,14-9-15-16-10-14)17-13-5-3-12(4-6-13)11-18-7-1-2-8-18/h3-6,9-10,17H,1-2,7-8,11H2,(H,15,16). The SMILES string of the molecule is O=S(=O)(Nc1ccc(CN2CCCC2)cc1)c1cn[nH]c1. The van der Waals surface area contributed by atoms with Gasteiger partial charge in [0.05, 0.1) is 6.20 Å². The Morgan fingerprint density at radius 2 is 1.90 bits per heavy atom. The zero-order chi connectivity index (χ0) is 14.7. The highest BCUT2D eigenvalue weighted by Gasteiger charge is 2.15. The van der Waals surface area contributed by atoms with Gasteiger partial charge in [-0.25, -0.2) is 8.42 Å². The van der Waals surface area contributed by atoms with E-state index in [0.717, 1.165) is 19.6 Å². The van der Waals surface area contributed by atoms with Crippen LogP contribution in [0.2, 0.25) is 0 Å². The molecule has 0 amide bonds. The molecule has 1 saturated heterocycles. The number of rotatable bonds is 5. The van der Waals surface area contributed by atoms with Crippen LogP contribution in [0.3, 0.4) is 0 Å². The van der Waals surface area contributed by atoms with Gasteiger partial charge in [-0.3, -0.25) is 14.7 Å². The van der Waals surface area contributed by atoms with Gasteiger partial charge in [-0.1, -0.05) is 12.1 Å². The first-order valence-electron chi connectivity index (χ1n) is 6.96. The number of hydrogen-bond acceptors (Lipinski definition) is 4. The molecule has 3 rings (SSSR count). The van der Waals surface area contributed by atoms with E-state index >= 15 is 0 Å². The Morgan fingerprint density at radius 3 is 2.52 bits per heavy atom. The van der Waals surface area contributed by atoms with Gasteiger partial charge in [0.1, 0.15) is 4.90 Å². The predicted molar refractivity (Wildman–Crippen MR) is 80.3 cm³/mol. The topological polar surface area (TPSA) is 78.1 Å². The zero-order valence-electron chi connectivity index (χ0n) is 11.6. The number of benzene rings is 1. The smallest absolute Gasteiger partial charge is 0.265 e. The quantitative estimate of drug-likeness (QED) is 0.883. The minimum absolute atomic E-state index is 0.128. The van der Waals surface area contributed by atoms with E-state index in [-0.39, 0.29) is 4.90 Å². The van der Waals surface area contributed by atoms with Crippen molar-refractivity contribution in [3.63, 3.8) is 0 Å². The van der Waals surface area contributed by atoms with Crippen molar-refractivity contribution >= 4 is 15.7 Å². The van der Waals surface area contributed by atoms with Crippen molar-refractivity contribution in [3.8, 4) is 0 Å². The van der Waals surface area contributed by atoms with E-state index in [0.29, 0.717) is 5.69 Å². The van der Waals surface area contributed by atoms with Gasteiger partial charge in [0.25, 0.3) is 10.0 Å². The summed E-state index contributed by atoms with van der Waals surface area (Å²) in [7, 11) is -3.56. The lowest BCUT2D eigenvalue weighted by Gasteiger charge is -2.14. The minimum Gasteiger partial charge on any atom is -0.299 e. The van der Waals surface area contributed by atoms with Crippen molar-refractivity contribution in [3.05, 3.63) is 42.2 Å². The molecule has 0 bridgehead atoms. The molecule has 21 heavy (non-hydrogen) atoms. The van der Waals surface area contributed by atoms with Crippen LogP contribution in [0.4, 0.5) is 5.69 Å². The summed E-state index contributed by atoms with van der Waals surface area (Å²) in [6.45, 7) is 3.22. The fraction of sp³-hybridized carbons (Fsp3) is 0.357. The molecule has 2 N–H and O–H groups in total. The maximum absolute atomic E-state index is 12.0. The molecular formula is C14H18N4O2S. The van der Waals surface area contributed by atoms with Crippen molar-refractivity contribution < 1.29 is 8.42 Å². The van der Waals surface area contributed by atoms with E-state index in [1.807, 2.05) is 12.1 Å². The van der Waals surface area contributed by atoms with Gasteiger partial charge in [0.2, 0.25) is 0 Å². The van der Waals surface area contributed by atoms with Crippen molar-refractivity contribution in [1.82, 2.24) is 15.1 Å². The molecule has 0 atom stereocenters. The van der Waals surface area contributed by atoms with Gasteiger partial charge < -0.3 is 0 Å². The minimum atomic E-state index is -3.56. The Kier molecular flexibility index (Phi) is 3.94. The largest absolute Gasteiger partial charge is 0.299 e. The third-order valence-corrected chi connectivity index (χ3v) is 4.94. The van der Waals surface area contributed by atoms with E-state index in [9.17, 15) is 8.42 Å². The van der Waals surface area contributed by atoms with Crippen molar-refractivity contribution in [2.45, 2.75) is 24.3 Å². The van der Waals surface area contributed by atoms with Gasteiger partial charge in [-0.05, 0) is 43.6 Å². The van der Waals surface area contributed by atoms with E-state index in [2.05, 4.69) is 19.8 Å². The second-order valence-corrected chi connectivity index (χ2v) is 6.90. The van der Waals surface area contributed by atoms with Gasteiger partial charge in [0.15, 0.2) is 0 Å². The van der Waals surface area contributed by atoms with Crippen molar-refractivity contribution in [1.29, 1.82) is 0 Å². The first-order valence-corrected chi connectivity index (χ1v) is 8.45. The van der Waals surface area contributed by atoms with Crippen LogP contribution >= 0.6 is 0 Å². The van der Waals surface area contributed by atoms with Crippen LogP contribution in [-0.2, 0) is 16.6 Å². The van der Waals surface area contributed by atoms with Crippen molar-refractivity contribution in [2.75, 3.05) is 17.8 Å². The molecule has 0 radical (unpaired) electrons. The Balaban J connectivity index is 1.67. The molecule has 1 aliphatic rings. The van der Waals surface area contributed by atoms with Crippen LogP contribution < -0.4 is 4.72 Å². The normalized spacial score (nSPS) is 16.2. The number of likely N-dealkylation sites (tertiary alicyclic amines) is 1. The fourth-order valence-corrected chi connectivity index (χ4v) is 3.44. The van der Waals surface area contributed by atoms with Crippen LogP contribution in [-0.4, -0.2) is 36.6 Å². The molecule has 1 aromatic carbocycles. The van der Waals surface area contributed by atoms with Crippen LogP contribution in [0.5, 0.6) is 0 Å². The fourth-order valence-electron chi connectivity index (χ4n) is 2.48. The van der Waals surface area contributed by atoms with E-state index < -0.39 is 10.0 Å². The summed E-state index contributed by atoms with van der Waals surface area (Å²) < 4.78 is 26.6. The second kappa shape index (κ2) is 5.87. The molecule has 2 heterocycles. The van der Waals surface area contributed by atoms with Crippen LogP contribution in [0.25, 0.3) is 0 Å². The summed E-state index contributed by atoms with van der Waals surface area (Å²) >= 11 is 0. The first-order chi connectivity index (χ1) is 10.1. The summed E-state index contributed by atoms with van der Waals surface area (Å²) in [5.41, 5.74) is 1.75. The molecule has 112 valence electrons. The number of nitrogens with one attached hydrogen (secondary N) is 2. The summed E-state index contributed by atoms with van der Waals surface area (Å²) in [5, 5.41) is 6.15. The Hall–Kier alpha value is -1.86. The average molecular weight is 306 g/mol. The molecular weight excluding hydrogens is 288 g/mol. The molecule has 0 spiro atoms. The number of aromatic nitrogens is 2. The summed E-state index contributed by atoms with van der Waals surface area (Å²) in [6.07, 6.45) is 5.17. The number of H-pyrrole nitrogens is 1. The van der Waals surface area contributed by atoms with E-state index in [4.69, 9.17) is 0 Å². The Morgan fingerprint density at radius 1 is 1.19 bits per heavy atom. The highest BCUT2D eigenvalue weighted by molar-refractivity contribution is 7.92. The number of aromatic amines is 1. The second-order valence-electron chi connectivity index (χ2n) is 5.22. The maximum atomic E-state index is 12.0. The first kappa shape index (κ1) is 14.1. The molecule has 0 aliphatic carbocycles. The van der Waals surface area contributed by atoms with Gasteiger partial charge in [-0.2, -0.15) is 5.10 Å². The number of nitrogens with zero attached hydrogens (tertiary/aromatic N) is 2. The van der Waals surface area contributed by atoms with Crippen LogP contribution in [0.15, 0.2) is 41.6 Å². The molecule has 1 fully saturated rings. The maximum Gasteiger partial charge on any atom is 0.265 e. The van der Waals surface area contributed by atoms with Gasteiger partial charge in [0, 0.05) is 18.4 Å². The summed E-state index contributed by atoms with van der Waals surface area (Å²) in [4.78, 5) is 2.54. The third kappa shape index (κ3) is 3.43. The average Bonchev–Trinajstić information content (AvgIpc) is 3.13. The summed E-state index contributed by atoms with van der Waals surface area (Å²) in [5.74, 6) is 0. The molecule has 0 saturated carbocycles. The lowest BCUT2D eigenvalue weighted by Crippen LogP contribution is -2.18. The number of anilines is 1. The zero-order valence-corrected chi connectivity index (χ0v) is 12.4. The summed E-state index contributed by atoms with van der Waals surface area (Å²) in [6, 6.07) is 7.52. The van der Waals surface area contributed by atoms with Gasteiger partial charge in [-0.15, -0.1) is 0 Å². The molecule has 1 aromatic heterocycles. The molecule has 7 heteroatoms. The molecule has 1 aliphatic heterocycles. The van der Waals surface area contributed by atoms with Gasteiger partial charge >= 0.3 is 0 Å². The lowest BCUT2D eigenvalue weighted by molar-refractivity contribution is 0.331. The molecule has 0 unspecified atom stereocenters. The predicted octanol–water partition coefficient (Wildman–Crippen LogP) is 1.81. The van der Waals surface area contributed by atoms with Crippen molar-refractivity contribution in [2.24, 2.45) is 0 Å². The lowest BCUT2D eigenvalue weighted by atomic mass is 10.2. The Bertz CT molecular complexity index is 674.